The topological polar surface area (TPSA) is 45.2 Å². The summed E-state index contributed by atoms with van der Waals surface area (Å²) >= 11 is 6.03. The number of hydrogen-bond acceptors (Lipinski definition) is 3. The third-order valence-corrected chi connectivity index (χ3v) is 3.68. The number of ether oxygens (including phenoxy) is 1. The molecule has 5 heteroatoms. The Morgan fingerprint density at radius 2 is 2.25 bits per heavy atom. The van der Waals surface area contributed by atoms with Gasteiger partial charge in [0.25, 0.3) is 5.82 Å². The first-order chi connectivity index (χ1) is 9.72. The second kappa shape index (κ2) is 5.37. The third kappa shape index (κ3) is 2.48. The zero-order valence-electron chi connectivity index (χ0n) is 11.4. The summed E-state index contributed by atoms with van der Waals surface area (Å²) in [4.78, 5) is 4.23. The fourth-order valence-electron chi connectivity index (χ4n) is 2.32. The van der Waals surface area contributed by atoms with E-state index in [1.807, 2.05) is 13.0 Å². The van der Waals surface area contributed by atoms with Gasteiger partial charge in [-0.25, -0.2) is 0 Å². The molecule has 0 atom stereocenters. The van der Waals surface area contributed by atoms with Gasteiger partial charge in [-0.15, -0.1) is 16.6 Å². The summed E-state index contributed by atoms with van der Waals surface area (Å²) in [5.74, 6) is 2.66. The molecule has 104 valence electrons. The number of aliphatic imine (C=N–C) groups is 1. The Bertz CT molecular complexity index is 619. The van der Waals surface area contributed by atoms with Gasteiger partial charge < -0.3 is 4.74 Å². The molecular weight excluding hydrogens is 276 g/mol. The quantitative estimate of drug-likeness (QED) is 0.591. The van der Waals surface area contributed by atoms with Crippen molar-refractivity contribution in [3.05, 3.63) is 45.8 Å². The van der Waals surface area contributed by atoms with Gasteiger partial charge >= 0.3 is 5.90 Å². The molecule has 1 fully saturated rings. The Morgan fingerprint density at radius 3 is 2.80 bits per heavy atom. The van der Waals surface area contributed by atoms with Gasteiger partial charge in [-0.05, 0) is 54.5 Å². The van der Waals surface area contributed by atoms with Crippen molar-refractivity contribution < 1.29 is 4.74 Å². The van der Waals surface area contributed by atoms with Crippen LogP contribution in [0.3, 0.4) is 0 Å². The summed E-state index contributed by atoms with van der Waals surface area (Å²) in [6.45, 7) is 6.23. The van der Waals surface area contributed by atoms with Gasteiger partial charge in [0.2, 0.25) is 0 Å². The summed E-state index contributed by atoms with van der Waals surface area (Å²) in [5.41, 5.74) is 3.16. The van der Waals surface area contributed by atoms with Crippen LogP contribution < -0.4 is 4.74 Å². The molecule has 0 saturated heterocycles. The highest BCUT2D eigenvalue weighted by atomic mass is 35.5. The van der Waals surface area contributed by atoms with Crippen LogP contribution in [0.15, 0.2) is 34.7 Å². The van der Waals surface area contributed by atoms with Crippen LogP contribution in [0.4, 0.5) is 0 Å². The van der Waals surface area contributed by atoms with Crippen molar-refractivity contribution in [1.29, 1.82) is 0 Å². The molecule has 1 aromatic carbocycles. The summed E-state index contributed by atoms with van der Waals surface area (Å²) < 4.78 is 10.9. The molecule has 0 N–H and O–H groups in total. The Balaban J connectivity index is 2.10. The molecular formula is C15H16ClN2O2+. The van der Waals surface area contributed by atoms with Crippen molar-refractivity contribution in [3.63, 3.8) is 0 Å². The Hall–Kier alpha value is -1.68. The third-order valence-electron chi connectivity index (χ3n) is 3.39. The fraction of sp³-hybridized carbons (Fsp3) is 0.400. The van der Waals surface area contributed by atoms with E-state index in [1.165, 1.54) is 18.4 Å². The number of benzene rings is 1. The van der Waals surface area contributed by atoms with Gasteiger partial charge in [0, 0.05) is 5.56 Å². The smallest absolute Gasteiger partial charge is 0.494 e. The summed E-state index contributed by atoms with van der Waals surface area (Å²) in [5, 5.41) is 3.77. The molecule has 0 unspecified atom stereocenters. The second-order valence-electron chi connectivity index (χ2n) is 4.90. The molecule has 1 aliphatic heterocycles. The zero-order valence-corrected chi connectivity index (χ0v) is 12.1. The van der Waals surface area contributed by atoms with Crippen molar-refractivity contribution in [2.75, 3.05) is 6.61 Å². The first-order valence-corrected chi connectivity index (χ1v) is 7.28. The molecule has 1 aromatic rings. The predicted octanol–water partition coefficient (Wildman–Crippen LogP) is 4.24. The van der Waals surface area contributed by atoms with E-state index < -0.39 is 0 Å². The highest BCUT2D eigenvalue weighted by molar-refractivity contribution is 6.17. The van der Waals surface area contributed by atoms with Gasteiger partial charge in [0.15, 0.2) is 5.18 Å². The van der Waals surface area contributed by atoms with Crippen molar-refractivity contribution in [2.24, 2.45) is 10.2 Å². The van der Waals surface area contributed by atoms with Gasteiger partial charge in [-0.3, -0.25) is 0 Å². The largest absolute Gasteiger partial charge is 0.507 e. The van der Waals surface area contributed by atoms with E-state index >= 15 is 0 Å². The molecule has 1 heterocycles. The van der Waals surface area contributed by atoms with Gasteiger partial charge in [0.1, 0.15) is 11.3 Å². The Morgan fingerprint density at radius 1 is 1.45 bits per heavy atom. The van der Waals surface area contributed by atoms with Crippen LogP contribution in [-0.2, 0) is 5.88 Å². The lowest BCUT2D eigenvalue weighted by molar-refractivity contribution is 0.337. The number of alkyl halides is 1. The Labute approximate surface area is 122 Å². The SMILES string of the molecule is C=C1N=[O+]C(c2cc(OCC)c(CCl)cc2C2CC2)=N1. The molecule has 1 aliphatic carbocycles. The average Bonchev–Trinajstić information content (AvgIpc) is 3.20. The number of nitrogens with zero attached hydrogens (tertiary/aromatic N) is 2. The van der Waals surface area contributed by atoms with Crippen LogP contribution in [0.1, 0.15) is 42.4 Å². The molecule has 1 saturated carbocycles. The van der Waals surface area contributed by atoms with Gasteiger partial charge in [-0.2, -0.15) is 0 Å². The molecule has 0 radical (unpaired) electrons. The maximum Gasteiger partial charge on any atom is 0.507 e. The Kier molecular flexibility index (Phi) is 3.57. The first kappa shape index (κ1) is 13.3. The van der Waals surface area contributed by atoms with Crippen molar-refractivity contribution in [1.82, 2.24) is 0 Å². The minimum absolute atomic E-state index is 0.390. The average molecular weight is 292 g/mol. The van der Waals surface area contributed by atoms with E-state index in [0.717, 1.165) is 16.9 Å². The first-order valence-electron chi connectivity index (χ1n) is 6.74. The van der Waals surface area contributed by atoms with E-state index in [-0.39, 0.29) is 0 Å². The molecule has 0 aromatic heterocycles. The molecule has 20 heavy (non-hydrogen) atoms. The number of halogens is 1. The van der Waals surface area contributed by atoms with E-state index in [4.69, 9.17) is 20.9 Å². The monoisotopic (exact) mass is 291 g/mol. The van der Waals surface area contributed by atoms with Crippen LogP contribution in [0.5, 0.6) is 5.75 Å². The molecule has 2 aliphatic rings. The van der Waals surface area contributed by atoms with E-state index in [2.05, 4.69) is 22.8 Å². The summed E-state index contributed by atoms with van der Waals surface area (Å²) in [6, 6.07) is 4.07. The number of hydrogen-bond donors (Lipinski definition) is 0. The van der Waals surface area contributed by atoms with Crippen molar-refractivity contribution in [2.45, 2.75) is 31.6 Å². The van der Waals surface area contributed by atoms with Crippen molar-refractivity contribution >= 4 is 17.5 Å². The van der Waals surface area contributed by atoms with Crippen LogP contribution in [0.25, 0.3) is 0 Å². The molecule has 0 bridgehead atoms. The fourth-order valence-corrected chi connectivity index (χ4v) is 2.53. The lowest BCUT2D eigenvalue weighted by Gasteiger charge is -2.11. The van der Waals surface area contributed by atoms with Gasteiger partial charge in [-0.1, -0.05) is 0 Å². The van der Waals surface area contributed by atoms with E-state index in [0.29, 0.717) is 30.1 Å². The lowest BCUT2D eigenvalue weighted by Crippen LogP contribution is -2.05. The molecule has 0 amide bonds. The van der Waals surface area contributed by atoms with Gasteiger partial charge in [0.05, 0.1) is 12.5 Å². The van der Waals surface area contributed by atoms with E-state index in [1.54, 1.807) is 0 Å². The summed E-state index contributed by atoms with van der Waals surface area (Å²) in [7, 11) is 0. The maximum absolute atomic E-state index is 6.03. The standard InChI is InChI=1S/C15H16ClN2O2/c1-3-19-14-7-13(15-17-9(2)18-20-15)12(10-4-5-10)6-11(14)8-16/h6-7,10H,2-5,8H2,1H3/q+1. The normalized spacial score (nSPS) is 17.5. The van der Waals surface area contributed by atoms with Crippen LogP contribution in [0, 0.1) is 4.54 Å². The highest BCUT2D eigenvalue weighted by Gasteiger charge is 2.35. The van der Waals surface area contributed by atoms with Crippen LogP contribution >= 0.6 is 11.6 Å². The molecule has 3 rings (SSSR count). The number of rotatable bonds is 5. The van der Waals surface area contributed by atoms with E-state index in [9.17, 15) is 0 Å². The zero-order chi connectivity index (χ0) is 14.1. The second-order valence-corrected chi connectivity index (χ2v) is 5.17. The molecule has 0 spiro atoms. The van der Waals surface area contributed by atoms with Crippen molar-refractivity contribution in [3.8, 4) is 5.75 Å². The maximum atomic E-state index is 6.03. The minimum Gasteiger partial charge on any atom is -0.494 e. The molecule has 4 nitrogen and oxygen atoms in total. The van der Waals surface area contributed by atoms with Crippen LogP contribution in [0.2, 0.25) is 0 Å². The highest BCUT2D eigenvalue weighted by Crippen LogP contribution is 2.44. The lowest BCUT2D eigenvalue weighted by atomic mass is 9.99. The van der Waals surface area contributed by atoms with Crippen LogP contribution in [-0.4, -0.2) is 12.5 Å². The summed E-state index contributed by atoms with van der Waals surface area (Å²) in [6.07, 6.45) is 2.38. The predicted molar refractivity (Wildman–Crippen MR) is 80.6 cm³/mol. The number of nitroso groups, excluding NO2 is 1. The minimum atomic E-state index is 0.390.